The normalized spacial score (nSPS) is 12.7. The van der Waals surface area contributed by atoms with Gasteiger partial charge in [0.05, 0.1) is 11.4 Å². The maximum atomic E-state index is 5.76. The fourth-order valence-electron chi connectivity index (χ4n) is 1.38. The zero-order valence-electron chi connectivity index (χ0n) is 8.37. The first-order valence-corrected chi connectivity index (χ1v) is 5.53. The predicted octanol–water partition coefficient (Wildman–Crippen LogP) is 2.86. The van der Waals surface area contributed by atoms with E-state index in [2.05, 4.69) is 26.1 Å². The molecule has 1 aromatic heterocycles. The smallest absolute Gasteiger partial charge is 0.0935 e. The largest absolute Gasteiger partial charge is 0.323 e. The van der Waals surface area contributed by atoms with Crippen molar-refractivity contribution in [3.8, 4) is 11.3 Å². The molecule has 78 valence electrons. The van der Waals surface area contributed by atoms with Crippen LogP contribution >= 0.6 is 15.9 Å². The van der Waals surface area contributed by atoms with Crippen LogP contribution in [-0.2, 0) is 0 Å². The lowest BCUT2D eigenvalue weighted by Gasteiger charge is -1.99. The van der Waals surface area contributed by atoms with Gasteiger partial charge in [-0.05, 0) is 19.1 Å². The van der Waals surface area contributed by atoms with E-state index in [4.69, 9.17) is 5.73 Å². The van der Waals surface area contributed by atoms with Gasteiger partial charge in [0.25, 0.3) is 0 Å². The van der Waals surface area contributed by atoms with E-state index in [-0.39, 0.29) is 6.04 Å². The van der Waals surface area contributed by atoms with Crippen molar-refractivity contribution in [2.24, 2.45) is 5.73 Å². The van der Waals surface area contributed by atoms with Crippen molar-refractivity contribution in [2.45, 2.75) is 13.0 Å². The van der Waals surface area contributed by atoms with Gasteiger partial charge in [-0.3, -0.25) is 5.10 Å². The van der Waals surface area contributed by atoms with Gasteiger partial charge in [0, 0.05) is 16.1 Å². The minimum Gasteiger partial charge on any atom is -0.323 e. The molecule has 0 radical (unpaired) electrons. The van der Waals surface area contributed by atoms with Crippen LogP contribution in [0.15, 0.2) is 34.8 Å². The molecule has 3 N–H and O–H groups in total. The number of nitrogens with zero attached hydrogens (tertiary/aromatic N) is 1. The molecule has 1 atom stereocenters. The number of hydrogen-bond acceptors (Lipinski definition) is 2. The van der Waals surface area contributed by atoms with Crippen molar-refractivity contribution in [3.63, 3.8) is 0 Å². The van der Waals surface area contributed by atoms with E-state index in [0.717, 1.165) is 21.4 Å². The molecule has 15 heavy (non-hydrogen) atoms. The summed E-state index contributed by atoms with van der Waals surface area (Å²) in [6, 6.07) is 9.94. The summed E-state index contributed by atoms with van der Waals surface area (Å²) in [6.07, 6.45) is 0. The Hall–Kier alpha value is -1.13. The summed E-state index contributed by atoms with van der Waals surface area (Å²) < 4.78 is 1.03. The second-order valence-corrected chi connectivity index (χ2v) is 4.33. The van der Waals surface area contributed by atoms with Crippen LogP contribution in [0, 0.1) is 0 Å². The Morgan fingerprint density at radius 3 is 2.73 bits per heavy atom. The number of halogens is 1. The summed E-state index contributed by atoms with van der Waals surface area (Å²) in [5.41, 5.74) is 8.69. The molecule has 0 aliphatic carbocycles. The summed E-state index contributed by atoms with van der Waals surface area (Å²) in [6.45, 7) is 1.93. The monoisotopic (exact) mass is 265 g/mol. The summed E-state index contributed by atoms with van der Waals surface area (Å²) in [5.74, 6) is 0. The molecule has 0 aliphatic rings. The maximum Gasteiger partial charge on any atom is 0.0935 e. The molecule has 4 heteroatoms. The molecule has 1 heterocycles. The van der Waals surface area contributed by atoms with Crippen molar-refractivity contribution in [1.82, 2.24) is 10.2 Å². The third-order valence-electron chi connectivity index (χ3n) is 2.24. The van der Waals surface area contributed by atoms with Gasteiger partial charge in [-0.25, -0.2) is 0 Å². The third kappa shape index (κ3) is 2.11. The highest BCUT2D eigenvalue weighted by molar-refractivity contribution is 9.10. The summed E-state index contributed by atoms with van der Waals surface area (Å²) >= 11 is 3.49. The van der Waals surface area contributed by atoms with Crippen LogP contribution in [0.25, 0.3) is 11.3 Å². The lowest BCUT2D eigenvalue weighted by molar-refractivity contribution is 0.772. The topological polar surface area (TPSA) is 54.7 Å². The van der Waals surface area contributed by atoms with Crippen molar-refractivity contribution < 1.29 is 0 Å². The molecular weight excluding hydrogens is 254 g/mol. The number of aromatic amines is 1. The van der Waals surface area contributed by atoms with Crippen molar-refractivity contribution in [1.29, 1.82) is 0 Å². The van der Waals surface area contributed by atoms with Gasteiger partial charge in [-0.1, -0.05) is 34.1 Å². The first-order valence-electron chi connectivity index (χ1n) is 4.74. The lowest BCUT2D eigenvalue weighted by Crippen LogP contribution is -2.04. The predicted molar refractivity (Wildman–Crippen MR) is 64.3 cm³/mol. The zero-order valence-corrected chi connectivity index (χ0v) is 9.95. The highest BCUT2D eigenvalue weighted by atomic mass is 79.9. The van der Waals surface area contributed by atoms with Crippen LogP contribution in [0.4, 0.5) is 0 Å². The number of nitrogens with one attached hydrogen (secondary N) is 1. The number of aromatic nitrogens is 2. The third-order valence-corrected chi connectivity index (χ3v) is 2.93. The maximum absolute atomic E-state index is 5.76. The molecule has 3 nitrogen and oxygen atoms in total. The van der Waals surface area contributed by atoms with E-state index < -0.39 is 0 Å². The molecule has 1 aromatic carbocycles. The molecule has 0 saturated heterocycles. The second kappa shape index (κ2) is 4.16. The molecule has 0 bridgehead atoms. The van der Waals surface area contributed by atoms with Gasteiger partial charge in [-0.2, -0.15) is 5.10 Å². The van der Waals surface area contributed by atoms with Gasteiger partial charge in [0.15, 0.2) is 0 Å². The summed E-state index contributed by atoms with van der Waals surface area (Å²) in [4.78, 5) is 0. The van der Waals surface area contributed by atoms with Gasteiger partial charge in [0.2, 0.25) is 0 Å². The van der Waals surface area contributed by atoms with E-state index >= 15 is 0 Å². The van der Waals surface area contributed by atoms with Gasteiger partial charge in [0.1, 0.15) is 0 Å². The Labute approximate surface area is 96.8 Å². The fraction of sp³-hybridized carbons (Fsp3) is 0.182. The van der Waals surface area contributed by atoms with Crippen LogP contribution in [0.2, 0.25) is 0 Å². The average Bonchev–Trinajstić information content (AvgIpc) is 2.67. The molecule has 0 aliphatic heterocycles. The molecule has 0 fully saturated rings. The quantitative estimate of drug-likeness (QED) is 0.878. The Balaban J connectivity index is 2.42. The van der Waals surface area contributed by atoms with Crippen molar-refractivity contribution >= 4 is 15.9 Å². The fourth-order valence-corrected chi connectivity index (χ4v) is 1.86. The Bertz CT molecular complexity index is 462. The minimum atomic E-state index is -0.0197. The lowest BCUT2D eigenvalue weighted by atomic mass is 10.1. The number of rotatable bonds is 2. The van der Waals surface area contributed by atoms with Crippen LogP contribution in [-0.4, -0.2) is 10.2 Å². The molecule has 0 saturated carbocycles. The van der Waals surface area contributed by atoms with Gasteiger partial charge < -0.3 is 5.73 Å². The summed E-state index contributed by atoms with van der Waals surface area (Å²) in [5, 5.41) is 7.17. The average molecular weight is 266 g/mol. The molecular formula is C11H12BrN3. The number of nitrogens with two attached hydrogens (primary N) is 1. The highest BCUT2D eigenvalue weighted by Gasteiger charge is 2.08. The SMILES string of the molecule is CC(N)c1cc(-c2ccccc2Br)n[nH]1. The molecule has 1 unspecified atom stereocenters. The van der Waals surface area contributed by atoms with E-state index in [1.54, 1.807) is 0 Å². The molecule has 0 spiro atoms. The Morgan fingerprint density at radius 2 is 2.13 bits per heavy atom. The first-order chi connectivity index (χ1) is 7.18. The van der Waals surface area contributed by atoms with Crippen molar-refractivity contribution in [3.05, 3.63) is 40.5 Å². The van der Waals surface area contributed by atoms with E-state index in [0.29, 0.717) is 0 Å². The summed E-state index contributed by atoms with van der Waals surface area (Å²) in [7, 11) is 0. The van der Waals surface area contributed by atoms with Gasteiger partial charge >= 0.3 is 0 Å². The Morgan fingerprint density at radius 1 is 1.40 bits per heavy atom. The van der Waals surface area contributed by atoms with E-state index in [1.165, 1.54) is 0 Å². The Kier molecular flexibility index (Phi) is 2.88. The molecule has 2 rings (SSSR count). The minimum absolute atomic E-state index is 0.0197. The number of benzene rings is 1. The number of hydrogen-bond donors (Lipinski definition) is 2. The van der Waals surface area contributed by atoms with Gasteiger partial charge in [-0.15, -0.1) is 0 Å². The van der Waals surface area contributed by atoms with Crippen LogP contribution in [0.1, 0.15) is 18.7 Å². The highest BCUT2D eigenvalue weighted by Crippen LogP contribution is 2.27. The molecule has 2 aromatic rings. The molecule has 0 amide bonds. The van der Waals surface area contributed by atoms with E-state index in [1.807, 2.05) is 37.3 Å². The van der Waals surface area contributed by atoms with Crippen molar-refractivity contribution in [2.75, 3.05) is 0 Å². The second-order valence-electron chi connectivity index (χ2n) is 3.48. The van der Waals surface area contributed by atoms with E-state index in [9.17, 15) is 0 Å². The number of H-pyrrole nitrogens is 1. The van der Waals surface area contributed by atoms with Crippen LogP contribution < -0.4 is 5.73 Å². The van der Waals surface area contributed by atoms with Crippen LogP contribution in [0.3, 0.4) is 0 Å². The van der Waals surface area contributed by atoms with Crippen LogP contribution in [0.5, 0.6) is 0 Å². The zero-order chi connectivity index (χ0) is 10.8. The first kappa shape index (κ1) is 10.4. The standard InChI is InChI=1S/C11H12BrN3/c1-7(13)10-6-11(15-14-10)8-4-2-3-5-9(8)12/h2-7H,13H2,1H3,(H,14,15).